The van der Waals surface area contributed by atoms with E-state index in [9.17, 15) is 9.18 Å². The minimum Gasteiger partial charge on any atom is -0.396 e. The summed E-state index contributed by atoms with van der Waals surface area (Å²) in [5, 5.41) is 9.59. The largest absolute Gasteiger partial charge is 0.396 e. The zero-order chi connectivity index (χ0) is 13.8. The van der Waals surface area contributed by atoms with Crippen LogP contribution in [-0.2, 0) is 0 Å². The molecule has 0 saturated heterocycles. The summed E-state index contributed by atoms with van der Waals surface area (Å²) < 4.78 is 14.0. The lowest BCUT2D eigenvalue weighted by atomic mass is 10.2. The second kappa shape index (κ2) is 6.12. The lowest BCUT2D eigenvalue weighted by Crippen LogP contribution is -2.31. The van der Waals surface area contributed by atoms with Gasteiger partial charge in [-0.2, -0.15) is 0 Å². The Labute approximate surface area is 115 Å². The van der Waals surface area contributed by atoms with Gasteiger partial charge in [-0.3, -0.25) is 4.79 Å². The standard InChI is InChI=1S/C14H16FNO2S/c1-2-16(6-3-7-17)14(18)13-9-10-8-11(15)4-5-12(10)19-13/h4-5,8-9,17H,2-3,6-7H2,1H3. The highest BCUT2D eigenvalue weighted by Gasteiger charge is 2.16. The molecule has 3 nitrogen and oxygen atoms in total. The van der Waals surface area contributed by atoms with Crippen LogP contribution >= 0.6 is 11.3 Å². The molecular formula is C14H16FNO2S. The third kappa shape index (κ3) is 3.11. The van der Waals surface area contributed by atoms with Gasteiger partial charge in [0.15, 0.2) is 0 Å². The summed E-state index contributed by atoms with van der Waals surface area (Å²) >= 11 is 1.37. The second-order valence-electron chi connectivity index (χ2n) is 4.25. The van der Waals surface area contributed by atoms with Gasteiger partial charge >= 0.3 is 0 Å². The number of aliphatic hydroxyl groups is 1. The maximum Gasteiger partial charge on any atom is 0.263 e. The van der Waals surface area contributed by atoms with E-state index in [0.29, 0.717) is 24.4 Å². The van der Waals surface area contributed by atoms with Crippen molar-refractivity contribution < 1.29 is 14.3 Å². The van der Waals surface area contributed by atoms with Gasteiger partial charge in [0, 0.05) is 24.4 Å². The normalized spacial score (nSPS) is 10.9. The van der Waals surface area contributed by atoms with Crippen LogP contribution in [0.15, 0.2) is 24.3 Å². The van der Waals surface area contributed by atoms with Crippen molar-refractivity contribution >= 4 is 27.3 Å². The molecule has 0 bridgehead atoms. The highest BCUT2D eigenvalue weighted by molar-refractivity contribution is 7.20. The van der Waals surface area contributed by atoms with E-state index < -0.39 is 0 Å². The summed E-state index contributed by atoms with van der Waals surface area (Å²) in [7, 11) is 0. The quantitative estimate of drug-likeness (QED) is 0.915. The van der Waals surface area contributed by atoms with Gasteiger partial charge in [0.05, 0.1) is 4.88 Å². The number of thiophene rings is 1. The zero-order valence-corrected chi connectivity index (χ0v) is 11.5. The highest BCUT2D eigenvalue weighted by Crippen LogP contribution is 2.27. The Morgan fingerprint density at radius 3 is 2.89 bits per heavy atom. The third-order valence-corrected chi connectivity index (χ3v) is 4.05. The predicted octanol–water partition coefficient (Wildman–Crippen LogP) is 2.88. The minimum atomic E-state index is -0.295. The first-order chi connectivity index (χ1) is 9.15. The van der Waals surface area contributed by atoms with Crippen LogP contribution in [0.25, 0.3) is 10.1 Å². The first-order valence-corrected chi connectivity index (χ1v) is 7.06. The molecule has 1 aromatic carbocycles. The molecule has 0 radical (unpaired) electrons. The molecule has 0 saturated carbocycles. The van der Waals surface area contributed by atoms with Crippen LogP contribution in [0.1, 0.15) is 23.0 Å². The van der Waals surface area contributed by atoms with E-state index in [1.807, 2.05) is 6.92 Å². The molecular weight excluding hydrogens is 265 g/mol. The lowest BCUT2D eigenvalue weighted by molar-refractivity contribution is 0.0759. The van der Waals surface area contributed by atoms with E-state index >= 15 is 0 Å². The summed E-state index contributed by atoms with van der Waals surface area (Å²) in [5.41, 5.74) is 0. The van der Waals surface area contributed by atoms with Gasteiger partial charge in [-0.05, 0) is 43.0 Å². The minimum absolute atomic E-state index is 0.0578. The van der Waals surface area contributed by atoms with E-state index in [4.69, 9.17) is 5.11 Å². The number of carbonyl (C=O) groups excluding carboxylic acids is 1. The van der Waals surface area contributed by atoms with Gasteiger partial charge in [0.1, 0.15) is 5.82 Å². The Morgan fingerprint density at radius 2 is 2.21 bits per heavy atom. The molecule has 0 aliphatic rings. The van der Waals surface area contributed by atoms with Gasteiger partial charge in [-0.25, -0.2) is 4.39 Å². The smallest absolute Gasteiger partial charge is 0.263 e. The van der Waals surface area contributed by atoms with Gasteiger partial charge in [0.25, 0.3) is 5.91 Å². The van der Waals surface area contributed by atoms with Crippen LogP contribution in [0, 0.1) is 5.82 Å². The highest BCUT2D eigenvalue weighted by atomic mass is 32.1. The molecule has 2 rings (SSSR count). The number of aliphatic hydroxyl groups excluding tert-OH is 1. The maximum absolute atomic E-state index is 13.1. The molecule has 102 valence electrons. The lowest BCUT2D eigenvalue weighted by Gasteiger charge is -2.19. The van der Waals surface area contributed by atoms with Crippen molar-refractivity contribution in [1.29, 1.82) is 0 Å². The van der Waals surface area contributed by atoms with Crippen LogP contribution in [-0.4, -0.2) is 35.6 Å². The molecule has 1 amide bonds. The van der Waals surface area contributed by atoms with Crippen molar-refractivity contribution in [2.45, 2.75) is 13.3 Å². The molecule has 1 heterocycles. The fourth-order valence-corrected chi connectivity index (χ4v) is 2.95. The number of carbonyl (C=O) groups is 1. The van der Waals surface area contributed by atoms with Gasteiger partial charge in [-0.15, -0.1) is 11.3 Å². The number of hydrogen-bond donors (Lipinski definition) is 1. The molecule has 0 unspecified atom stereocenters. The van der Waals surface area contributed by atoms with E-state index in [-0.39, 0.29) is 18.3 Å². The van der Waals surface area contributed by atoms with Gasteiger partial charge in [0.2, 0.25) is 0 Å². The number of fused-ring (bicyclic) bond motifs is 1. The molecule has 0 aliphatic carbocycles. The van der Waals surface area contributed by atoms with Crippen LogP contribution in [0.2, 0.25) is 0 Å². The summed E-state index contributed by atoms with van der Waals surface area (Å²) in [6, 6.07) is 6.26. The monoisotopic (exact) mass is 281 g/mol. The topological polar surface area (TPSA) is 40.5 Å². The third-order valence-electron chi connectivity index (χ3n) is 2.94. The Balaban J connectivity index is 2.24. The second-order valence-corrected chi connectivity index (χ2v) is 5.34. The molecule has 1 N–H and O–H groups in total. The molecule has 0 fully saturated rings. The number of halogens is 1. The number of rotatable bonds is 5. The zero-order valence-electron chi connectivity index (χ0n) is 10.7. The van der Waals surface area contributed by atoms with Crippen LogP contribution in [0.4, 0.5) is 4.39 Å². The van der Waals surface area contributed by atoms with Gasteiger partial charge in [-0.1, -0.05) is 0 Å². The van der Waals surface area contributed by atoms with Crippen molar-refractivity contribution in [2.24, 2.45) is 0 Å². The van der Waals surface area contributed by atoms with E-state index in [0.717, 1.165) is 10.1 Å². The summed E-state index contributed by atoms with van der Waals surface area (Å²) in [4.78, 5) is 14.6. The molecule has 5 heteroatoms. The molecule has 0 spiro atoms. The predicted molar refractivity (Wildman–Crippen MR) is 75.1 cm³/mol. The fraction of sp³-hybridized carbons (Fsp3) is 0.357. The molecule has 19 heavy (non-hydrogen) atoms. The number of amides is 1. The van der Waals surface area contributed by atoms with Crippen molar-refractivity contribution in [3.8, 4) is 0 Å². The van der Waals surface area contributed by atoms with Crippen LogP contribution < -0.4 is 0 Å². The van der Waals surface area contributed by atoms with E-state index in [1.54, 1.807) is 17.0 Å². The molecule has 2 aromatic rings. The summed E-state index contributed by atoms with van der Waals surface area (Å²) in [6.07, 6.45) is 0.569. The fourth-order valence-electron chi connectivity index (χ4n) is 1.94. The summed E-state index contributed by atoms with van der Waals surface area (Å²) in [5.74, 6) is -0.352. The first kappa shape index (κ1) is 14.0. The molecule has 0 atom stereocenters. The Bertz CT molecular complexity index is 582. The average molecular weight is 281 g/mol. The van der Waals surface area contributed by atoms with Crippen LogP contribution in [0.3, 0.4) is 0 Å². The SMILES string of the molecule is CCN(CCCO)C(=O)c1cc2cc(F)ccc2s1. The Hall–Kier alpha value is -1.46. The number of hydrogen-bond acceptors (Lipinski definition) is 3. The average Bonchev–Trinajstić information content (AvgIpc) is 2.82. The maximum atomic E-state index is 13.1. The van der Waals surface area contributed by atoms with E-state index in [2.05, 4.69) is 0 Å². The van der Waals surface area contributed by atoms with E-state index in [1.165, 1.54) is 23.5 Å². The van der Waals surface area contributed by atoms with Crippen molar-refractivity contribution in [3.63, 3.8) is 0 Å². The van der Waals surface area contributed by atoms with Gasteiger partial charge < -0.3 is 10.0 Å². The summed E-state index contributed by atoms with van der Waals surface area (Å²) in [6.45, 7) is 3.11. The number of nitrogens with zero attached hydrogens (tertiary/aromatic N) is 1. The van der Waals surface area contributed by atoms with Crippen molar-refractivity contribution in [2.75, 3.05) is 19.7 Å². The molecule has 0 aliphatic heterocycles. The Morgan fingerprint density at radius 1 is 1.42 bits per heavy atom. The Kier molecular flexibility index (Phi) is 4.50. The number of benzene rings is 1. The van der Waals surface area contributed by atoms with Crippen molar-refractivity contribution in [3.05, 3.63) is 35.0 Å². The first-order valence-electron chi connectivity index (χ1n) is 6.25. The van der Waals surface area contributed by atoms with Crippen LogP contribution in [0.5, 0.6) is 0 Å². The molecule has 1 aromatic heterocycles. The van der Waals surface area contributed by atoms with Crippen molar-refractivity contribution in [1.82, 2.24) is 4.90 Å².